The number of hydrogen-bond donors (Lipinski definition) is 1. The number of hydrogen-bond acceptors (Lipinski definition) is 2. The first-order valence-electron chi connectivity index (χ1n) is 6.72. The number of nitrogen functional groups attached to an aromatic ring is 1. The number of nitrogens with zero attached hydrogens (tertiary/aromatic N) is 2. The first-order valence-corrected chi connectivity index (χ1v) is 7.10. The zero-order valence-electron chi connectivity index (χ0n) is 10.8. The molecule has 2 N–H and O–H groups in total. The van der Waals surface area contributed by atoms with Gasteiger partial charge < -0.3 is 10.3 Å². The van der Waals surface area contributed by atoms with Gasteiger partial charge in [-0.3, -0.25) is 0 Å². The number of aromatic nitrogens is 2. The summed E-state index contributed by atoms with van der Waals surface area (Å²) in [6.07, 6.45) is 1.10. The molecular weight excluding hydrogens is 270 g/mol. The maximum atomic E-state index is 6.19. The molecule has 1 fully saturated rings. The maximum absolute atomic E-state index is 6.19. The smallest absolute Gasteiger partial charge is 0.201 e. The van der Waals surface area contributed by atoms with Crippen LogP contribution in [0.2, 0.25) is 5.02 Å². The molecule has 2 aromatic carbocycles. The van der Waals surface area contributed by atoms with E-state index in [1.165, 1.54) is 5.56 Å². The zero-order valence-corrected chi connectivity index (χ0v) is 11.6. The molecule has 3 nitrogen and oxygen atoms in total. The average Bonchev–Trinajstić information content (AvgIpc) is 3.17. The molecule has 0 spiro atoms. The predicted molar refractivity (Wildman–Crippen MR) is 82.0 cm³/mol. The van der Waals surface area contributed by atoms with Crippen molar-refractivity contribution in [2.45, 2.75) is 18.4 Å². The Morgan fingerprint density at radius 1 is 1.10 bits per heavy atom. The van der Waals surface area contributed by atoms with Gasteiger partial charge in [-0.25, -0.2) is 4.98 Å². The molecule has 1 saturated carbocycles. The van der Waals surface area contributed by atoms with Crippen LogP contribution in [0.5, 0.6) is 0 Å². The van der Waals surface area contributed by atoms with E-state index >= 15 is 0 Å². The minimum Gasteiger partial charge on any atom is -0.369 e. The van der Waals surface area contributed by atoms with Crippen LogP contribution in [0.3, 0.4) is 0 Å². The van der Waals surface area contributed by atoms with Crippen molar-refractivity contribution in [2.75, 3.05) is 5.73 Å². The highest BCUT2D eigenvalue weighted by atomic mass is 35.5. The standard InChI is InChI=1S/C16H14ClN3/c17-12-7-4-8-13-15(12)19-16(18)20(13)14-9-11(14)10-5-2-1-3-6-10/h1-8,11,14H,9H2,(H2,18,19). The van der Waals surface area contributed by atoms with Gasteiger partial charge >= 0.3 is 0 Å². The van der Waals surface area contributed by atoms with Crippen molar-refractivity contribution in [2.24, 2.45) is 0 Å². The number of anilines is 1. The van der Waals surface area contributed by atoms with Crippen molar-refractivity contribution in [1.82, 2.24) is 9.55 Å². The Bertz CT molecular complexity index is 779. The Morgan fingerprint density at radius 3 is 2.70 bits per heavy atom. The normalized spacial score (nSPS) is 21.2. The van der Waals surface area contributed by atoms with Crippen molar-refractivity contribution in [3.63, 3.8) is 0 Å². The topological polar surface area (TPSA) is 43.8 Å². The van der Waals surface area contributed by atoms with Crippen molar-refractivity contribution in [3.05, 3.63) is 59.1 Å². The lowest BCUT2D eigenvalue weighted by Crippen LogP contribution is -2.02. The monoisotopic (exact) mass is 283 g/mol. The van der Waals surface area contributed by atoms with Gasteiger partial charge in [-0.15, -0.1) is 0 Å². The largest absolute Gasteiger partial charge is 0.369 e. The molecule has 1 aromatic heterocycles. The minimum atomic E-state index is 0.390. The fraction of sp³-hybridized carbons (Fsp3) is 0.188. The number of rotatable bonds is 2. The molecule has 4 rings (SSSR count). The summed E-state index contributed by atoms with van der Waals surface area (Å²) in [5.41, 5.74) is 9.28. The van der Waals surface area contributed by atoms with Crippen LogP contribution < -0.4 is 5.73 Å². The molecule has 0 bridgehead atoms. The third-order valence-electron chi connectivity index (χ3n) is 4.01. The second-order valence-electron chi connectivity index (χ2n) is 5.27. The van der Waals surface area contributed by atoms with E-state index in [1.807, 2.05) is 24.3 Å². The van der Waals surface area contributed by atoms with Gasteiger partial charge in [0.1, 0.15) is 5.52 Å². The van der Waals surface area contributed by atoms with E-state index in [4.69, 9.17) is 17.3 Å². The summed E-state index contributed by atoms with van der Waals surface area (Å²) in [5, 5.41) is 0.657. The second-order valence-corrected chi connectivity index (χ2v) is 5.67. The van der Waals surface area contributed by atoms with Crippen LogP contribution in [-0.2, 0) is 0 Å². The lowest BCUT2D eigenvalue weighted by Gasteiger charge is -2.06. The first kappa shape index (κ1) is 11.8. The van der Waals surface area contributed by atoms with E-state index in [0.717, 1.165) is 17.5 Å². The Kier molecular flexibility index (Phi) is 2.51. The van der Waals surface area contributed by atoms with E-state index in [2.05, 4.69) is 33.8 Å². The summed E-state index contributed by atoms with van der Waals surface area (Å²) in [5.74, 6) is 1.08. The molecule has 1 aliphatic carbocycles. The highest BCUT2D eigenvalue weighted by Crippen LogP contribution is 2.53. The summed E-state index contributed by atoms with van der Waals surface area (Å²) in [6, 6.07) is 16.8. The van der Waals surface area contributed by atoms with Gasteiger partial charge in [0.15, 0.2) is 0 Å². The van der Waals surface area contributed by atoms with E-state index in [1.54, 1.807) is 0 Å². The van der Waals surface area contributed by atoms with E-state index in [0.29, 0.717) is 22.9 Å². The molecule has 100 valence electrons. The van der Waals surface area contributed by atoms with Crippen LogP contribution in [0.4, 0.5) is 5.95 Å². The van der Waals surface area contributed by atoms with Gasteiger partial charge in [0, 0.05) is 12.0 Å². The number of nitrogens with two attached hydrogens (primary N) is 1. The fourth-order valence-corrected chi connectivity index (χ4v) is 3.19. The SMILES string of the molecule is Nc1nc2c(Cl)cccc2n1C1CC1c1ccccc1. The van der Waals surface area contributed by atoms with Crippen LogP contribution >= 0.6 is 11.6 Å². The number of para-hydroxylation sites is 1. The van der Waals surface area contributed by atoms with Crippen molar-refractivity contribution < 1.29 is 0 Å². The van der Waals surface area contributed by atoms with E-state index < -0.39 is 0 Å². The van der Waals surface area contributed by atoms with Gasteiger partial charge in [-0.1, -0.05) is 48.0 Å². The highest BCUT2D eigenvalue weighted by Gasteiger charge is 2.41. The average molecular weight is 284 g/mol. The Morgan fingerprint density at radius 2 is 1.90 bits per heavy atom. The molecule has 1 aliphatic rings. The maximum Gasteiger partial charge on any atom is 0.201 e. The molecule has 0 saturated heterocycles. The molecule has 0 amide bonds. The lowest BCUT2D eigenvalue weighted by molar-refractivity contribution is 0.751. The predicted octanol–water partition coefficient (Wildman–Crippen LogP) is 4.00. The van der Waals surface area contributed by atoms with Crippen LogP contribution in [0.25, 0.3) is 11.0 Å². The highest BCUT2D eigenvalue weighted by molar-refractivity contribution is 6.35. The molecule has 2 unspecified atom stereocenters. The fourth-order valence-electron chi connectivity index (χ4n) is 2.97. The third kappa shape index (κ3) is 1.70. The molecule has 0 aliphatic heterocycles. The first-order chi connectivity index (χ1) is 9.75. The van der Waals surface area contributed by atoms with Gasteiger partial charge in [-0.05, 0) is 24.1 Å². The second kappa shape index (κ2) is 4.25. The molecule has 4 heteroatoms. The molecule has 1 heterocycles. The molecular formula is C16H14ClN3. The van der Waals surface area contributed by atoms with Crippen LogP contribution in [0, 0.1) is 0 Å². The number of halogens is 1. The minimum absolute atomic E-state index is 0.390. The van der Waals surface area contributed by atoms with Crippen LogP contribution in [-0.4, -0.2) is 9.55 Å². The molecule has 0 radical (unpaired) electrons. The molecule has 20 heavy (non-hydrogen) atoms. The van der Waals surface area contributed by atoms with E-state index in [9.17, 15) is 0 Å². The quantitative estimate of drug-likeness (QED) is 0.772. The summed E-state index contributed by atoms with van der Waals surface area (Å²) < 4.78 is 2.12. The number of benzene rings is 2. The summed E-state index contributed by atoms with van der Waals surface area (Å²) in [4.78, 5) is 4.41. The van der Waals surface area contributed by atoms with Gasteiger partial charge in [0.25, 0.3) is 0 Å². The number of imidazole rings is 1. The van der Waals surface area contributed by atoms with Crippen molar-refractivity contribution in [3.8, 4) is 0 Å². The van der Waals surface area contributed by atoms with E-state index in [-0.39, 0.29) is 0 Å². The lowest BCUT2D eigenvalue weighted by atomic mass is 10.1. The molecule has 2 atom stereocenters. The van der Waals surface area contributed by atoms with Crippen LogP contribution in [0.15, 0.2) is 48.5 Å². The summed E-state index contributed by atoms with van der Waals surface area (Å²) >= 11 is 6.19. The number of fused-ring (bicyclic) bond motifs is 1. The van der Waals surface area contributed by atoms with Gasteiger partial charge in [-0.2, -0.15) is 0 Å². The molecule has 3 aromatic rings. The van der Waals surface area contributed by atoms with Crippen molar-refractivity contribution in [1.29, 1.82) is 0 Å². The van der Waals surface area contributed by atoms with Crippen molar-refractivity contribution >= 4 is 28.6 Å². The van der Waals surface area contributed by atoms with Gasteiger partial charge in [0.05, 0.1) is 10.5 Å². The summed E-state index contributed by atoms with van der Waals surface area (Å²) in [7, 11) is 0. The Labute approximate surface area is 122 Å². The Hall–Kier alpha value is -2.00. The third-order valence-corrected chi connectivity index (χ3v) is 4.32. The Balaban J connectivity index is 1.78. The van der Waals surface area contributed by atoms with Gasteiger partial charge in [0.2, 0.25) is 5.95 Å². The summed E-state index contributed by atoms with van der Waals surface area (Å²) in [6.45, 7) is 0. The zero-order chi connectivity index (χ0) is 13.7. The van der Waals surface area contributed by atoms with Crippen LogP contribution in [0.1, 0.15) is 23.9 Å².